The molecule has 140 valence electrons. The van der Waals surface area contributed by atoms with Crippen LogP contribution in [0.25, 0.3) is 11.4 Å². The first-order valence-electron chi connectivity index (χ1n) is 9.03. The molecule has 1 fully saturated rings. The van der Waals surface area contributed by atoms with Crippen molar-refractivity contribution < 1.29 is 13.7 Å². The Bertz CT molecular complexity index is 855. The van der Waals surface area contributed by atoms with Crippen LogP contribution >= 0.6 is 0 Å². The quantitative estimate of drug-likeness (QED) is 0.658. The van der Waals surface area contributed by atoms with Gasteiger partial charge in [0, 0.05) is 57.0 Å². The van der Waals surface area contributed by atoms with Crippen LogP contribution in [-0.4, -0.2) is 57.0 Å². The fraction of sp³-hybridized carbons (Fsp3) is 0.368. The topological polar surface area (TPSA) is 88.5 Å². The van der Waals surface area contributed by atoms with Crippen molar-refractivity contribution in [1.82, 2.24) is 24.9 Å². The number of hydrogen-bond acceptors (Lipinski definition) is 7. The van der Waals surface area contributed by atoms with Crippen LogP contribution in [0.4, 0.5) is 0 Å². The number of pyridine rings is 1. The van der Waals surface area contributed by atoms with Crippen molar-refractivity contribution in [2.24, 2.45) is 0 Å². The maximum absolute atomic E-state index is 12.5. The van der Waals surface area contributed by atoms with E-state index < -0.39 is 0 Å². The molecule has 0 radical (unpaired) electrons. The first-order valence-corrected chi connectivity index (χ1v) is 9.03. The van der Waals surface area contributed by atoms with Gasteiger partial charge in [-0.05, 0) is 24.3 Å². The first-order chi connectivity index (χ1) is 13.3. The number of nitrogens with zero attached hydrogens (tertiary/aromatic N) is 5. The van der Waals surface area contributed by atoms with Gasteiger partial charge in [-0.2, -0.15) is 4.98 Å². The molecule has 0 saturated carbocycles. The highest BCUT2D eigenvalue weighted by atomic mass is 16.5. The third-order valence-corrected chi connectivity index (χ3v) is 4.63. The van der Waals surface area contributed by atoms with Crippen LogP contribution in [0.2, 0.25) is 0 Å². The lowest BCUT2D eigenvalue weighted by molar-refractivity contribution is -0.133. The van der Waals surface area contributed by atoms with E-state index in [2.05, 4.69) is 20.0 Å². The molecule has 0 unspecified atom stereocenters. The molecule has 3 aromatic heterocycles. The van der Waals surface area contributed by atoms with Crippen LogP contribution in [0, 0.1) is 0 Å². The van der Waals surface area contributed by atoms with Gasteiger partial charge >= 0.3 is 0 Å². The lowest BCUT2D eigenvalue weighted by Crippen LogP contribution is -2.48. The van der Waals surface area contributed by atoms with E-state index in [0.29, 0.717) is 24.6 Å². The van der Waals surface area contributed by atoms with Crippen molar-refractivity contribution in [1.29, 1.82) is 0 Å². The Morgan fingerprint density at radius 2 is 2.04 bits per heavy atom. The predicted octanol–water partition coefficient (Wildman–Crippen LogP) is 2.00. The molecule has 0 atom stereocenters. The van der Waals surface area contributed by atoms with Gasteiger partial charge < -0.3 is 13.8 Å². The molecule has 3 aromatic rings. The van der Waals surface area contributed by atoms with E-state index in [1.807, 2.05) is 29.2 Å². The summed E-state index contributed by atoms with van der Waals surface area (Å²) in [6.45, 7) is 3.93. The molecule has 1 amide bonds. The fourth-order valence-electron chi connectivity index (χ4n) is 3.12. The second-order valence-corrected chi connectivity index (χ2v) is 6.49. The normalized spacial score (nSPS) is 15.2. The van der Waals surface area contributed by atoms with Gasteiger partial charge in [0.1, 0.15) is 5.76 Å². The molecule has 1 saturated heterocycles. The van der Waals surface area contributed by atoms with Crippen LogP contribution in [0.3, 0.4) is 0 Å². The van der Waals surface area contributed by atoms with E-state index in [-0.39, 0.29) is 5.91 Å². The van der Waals surface area contributed by atoms with Crippen molar-refractivity contribution in [3.8, 4) is 11.4 Å². The van der Waals surface area contributed by atoms with Gasteiger partial charge in [-0.25, -0.2) is 0 Å². The minimum Gasteiger partial charge on any atom is -0.468 e. The van der Waals surface area contributed by atoms with Crippen LogP contribution in [0.5, 0.6) is 0 Å². The highest BCUT2D eigenvalue weighted by Crippen LogP contribution is 2.15. The summed E-state index contributed by atoms with van der Waals surface area (Å²) in [5.74, 6) is 2.04. The number of furan rings is 1. The number of carbonyl (C=O) groups excluding carboxylic acids is 1. The van der Waals surface area contributed by atoms with Crippen LogP contribution < -0.4 is 0 Å². The summed E-state index contributed by atoms with van der Waals surface area (Å²) < 4.78 is 10.6. The van der Waals surface area contributed by atoms with Crippen molar-refractivity contribution in [3.63, 3.8) is 0 Å². The minimum absolute atomic E-state index is 0.119. The van der Waals surface area contributed by atoms with Gasteiger partial charge in [-0.1, -0.05) is 5.16 Å². The predicted molar refractivity (Wildman–Crippen MR) is 96.4 cm³/mol. The van der Waals surface area contributed by atoms with Crippen molar-refractivity contribution in [2.45, 2.75) is 19.4 Å². The smallest absolute Gasteiger partial charge is 0.227 e. The number of rotatable bonds is 6. The molecular formula is C19H21N5O3. The highest BCUT2D eigenvalue weighted by molar-refractivity contribution is 5.76. The average Bonchev–Trinajstić information content (AvgIpc) is 3.39. The maximum atomic E-state index is 12.5. The summed E-state index contributed by atoms with van der Waals surface area (Å²) in [4.78, 5) is 25.0. The maximum Gasteiger partial charge on any atom is 0.227 e. The van der Waals surface area contributed by atoms with E-state index >= 15 is 0 Å². The van der Waals surface area contributed by atoms with E-state index in [4.69, 9.17) is 8.94 Å². The molecule has 27 heavy (non-hydrogen) atoms. The highest BCUT2D eigenvalue weighted by Gasteiger charge is 2.22. The molecule has 4 heterocycles. The molecule has 0 aromatic carbocycles. The standard InChI is InChI=1S/C19H21N5O3/c25-18(24-10-8-23(9-11-24)14-16-4-2-12-26-16)6-5-17-21-19(22-27-17)15-3-1-7-20-13-15/h1-4,7,12-13H,5-6,8-11,14H2. The Kier molecular flexibility index (Phi) is 5.24. The molecule has 0 aliphatic carbocycles. The third kappa shape index (κ3) is 4.40. The molecule has 1 aliphatic heterocycles. The Hall–Kier alpha value is -3.00. The Morgan fingerprint density at radius 3 is 2.78 bits per heavy atom. The van der Waals surface area contributed by atoms with E-state index in [0.717, 1.165) is 44.0 Å². The number of aryl methyl sites for hydroxylation is 1. The van der Waals surface area contributed by atoms with Gasteiger partial charge in [-0.3, -0.25) is 14.7 Å². The third-order valence-electron chi connectivity index (χ3n) is 4.63. The molecule has 0 bridgehead atoms. The Morgan fingerprint density at radius 1 is 1.15 bits per heavy atom. The monoisotopic (exact) mass is 367 g/mol. The fourth-order valence-corrected chi connectivity index (χ4v) is 3.12. The van der Waals surface area contributed by atoms with E-state index in [9.17, 15) is 4.79 Å². The molecule has 0 N–H and O–H groups in total. The number of amides is 1. The summed E-state index contributed by atoms with van der Waals surface area (Å²) in [7, 11) is 0. The van der Waals surface area contributed by atoms with Crippen molar-refractivity contribution in [3.05, 3.63) is 54.6 Å². The second kappa shape index (κ2) is 8.13. The molecule has 8 nitrogen and oxygen atoms in total. The lowest BCUT2D eigenvalue weighted by Gasteiger charge is -2.34. The first kappa shape index (κ1) is 17.4. The average molecular weight is 367 g/mol. The SMILES string of the molecule is O=C(CCc1nc(-c2cccnc2)no1)N1CCN(Cc2ccco2)CC1. The van der Waals surface area contributed by atoms with E-state index in [1.54, 1.807) is 18.7 Å². The Labute approximate surface area is 156 Å². The van der Waals surface area contributed by atoms with Gasteiger partial charge in [0.25, 0.3) is 0 Å². The molecule has 1 aliphatic rings. The van der Waals surface area contributed by atoms with Crippen LogP contribution in [0.1, 0.15) is 18.1 Å². The van der Waals surface area contributed by atoms with Crippen molar-refractivity contribution >= 4 is 5.91 Å². The van der Waals surface area contributed by atoms with Gasteiger partial charge in [-0.15, -0.1) is 0 Å². The Balaban J connectivity index is 1.24. The number of aromatic nitrogens is 3. The summed E-state index contributed by atoms with van der Waals surface area (Å²) in [6.07, 6.45) is 5.87. The number of hydrogen-bond donors (Lipinski definition) is 0. The number of piperazine rings is 1. The summed E-state index contributed by atoms with van der Waals surface area (Å²) >= 11 is 0. The van der Waals surface area contributed by atoms with E-state index in [1.165, 1.54) is 0 Å². The second-order valence-electron chi connectivity index (χ2n) is 6.49. The van der Waals surface area contributed by atoms with Gasteiger partial charge in [0.15, 0.2) is 0 Å². The van der Waals surface area contributed by atoms with Gasteiger partial charge in [0.05, 0.1) is 12.8 Å². The molecule has 4 rings (SSSR count). The van der Waals surface area contributed by atoms with Crippen LogP contribution in [-0.2, 0) is 17.8 Å². The van der Waals surface area contributed by atoms with Crippen molar-refractivity contribution in [2.75, 3.05) is 26.2 Å². The summed E-state index contributed by atoms with van der Waals surface area (Å²) in [6, 6.07) is 7.56. The van der Waals surface area contributed by atoms with Crippen LogP contribution in [0.15, 0.2) is 51.9 Å². The molecular weight excluding hydrogens is 346 g/mol. The lowest BCUT2D eigenvalue weighted by atomic mass is 10.2. The zero-order chi connectivity index (χ0) is 18.5. The molecule has 8 heteroatoms. The zero-order valence-corrected chi connectivity index (χ0v) is 15.0. The molecule has 0 spiro atoms. The van der Waals surface area contributed by atoms with Gasteiger partial charge in [0.2, 0.25) is 17.6 Å². The number of carbonyl (C=O) groups is 1. The summed E-state index contributed by atoms with van der Waals surface area (Å²) in [5.41, 5.74) is 0.798. The summed E-state index contributed by atoms with van der Waals surface area (Å²) in [5, 5.41) is 3.96. The minimum atomic E-state index is 0.119. The largest absolute Gasteiger partial charge is 0.468 e. The zero-order valence-electron chi connectivity index (χ0n) is 15.0.